The van der Waals surface area contributed by atoms with Crippen molar-refractivity contribution in [1.82, 2.24) is 4.98 Å². The summed E-state index contributed by atoms with van der Waals surface area (Å²) in [4.78, 5) is 14.2. The molecule has 0 bridgehead atoms. The third-order valence-electron chi connectivity index (χ3n) is 2.63. The van der Waals surface area contributed by atoms with Crippen LogP contribution in [0.2, 0.25) is 10.0 Å². The zero-order valence-corrected chi connectivity index (χ0v) is 12.4. The maximum absolute atomic E-state index is 10.5. The number of nitrogens with zero attached hydrogens (tertiary/aromatic N) is 2. The summed E-state index contributed by atoms with van der Waals surface area (Å²) in [5.74, 6) is 0.562. The number of nitrogens with one attached hydrogen (secondary N) is 2. The van der Waals surface area contributed by atoms with Gasteiger partial charge in [-0.1, -0.05) is 23.2 Å². The van der Waals surface area contributed by atoms with Crippen LogP contribution in [-0.4, -0.2) is 23.0 Å². The van der Waals surface area contributed by atoms with Gasteiger partial charge in [-0.25, -0.2) is 4.98 Å². The fraction of sp³-hybridized carbons (Fsp3) is 0.154. The molecule has 0 unspecified atom stereocenters. The second kappa shape index (κ2) is 7.10. The quantitative estimate of drug-likeness (QED) is 0.479. The number of anilines is 2. The Labute approximate surface area is 131 Å². The summed E-state index contributed by atoms with van der Waals surface area (Å²) in [5, 5.41) is 17.7. The highest BCUT2D eigenvalue weighted by molar-refractivity contribution is 6.35. The highest BCUT2D eigenvalue weighted by Crippen LogP contribution is 2.22. The fourth-order valence-corrected chi connectivity index (χ4v) is 2.08. The van der Waals surface area contributed by atoms with E-state index < -0.39 is 4.92 Å². The predicted molar refractivity (Wildman–Crippen MR) is 84.3 cm³/mol. The lowest BCUT2D eigenvalue weighted by Gasteiger charge is -2.09. The molecule has 0 saturated heterocycles. The monoisotopic (exact) mass is 326 g/mol. The molecule has 0 aliphatic rings. The van der Waals surface area contributed by atoms with E-state index in [1.54, 1.807) is 18.2 Å². The molecule has 21 heavy (non-hydrogen) atoms. The Morgan fingerprint density at radius 2 is 1.81 bits per heavy atom. The van der Waals surface area contributed by atoms with Gasteiger partial charge in [0.2, 0.25) is 0 Å². The van der Waals surface area contributed by atoms with E-state index >= 15 is 0 Å². The van der Waals surface area contributed by atoms with Gasteiger partial charge in [-0.3, -0.25) is 10.1 Å². The summed E-state index contributed by atoms with van der Waals surface area (Å²) in [6.45, 7) is 1.20. The summed E-state index contributed by atoms with van der Waals surface area (Å²) >= 11 is 11.7. The number of non-ortho nitro benzene ring substituents is 1. The van der Waals surface area contributed by atoms with Gasteiger partial charge < -0.3 is 10.6 Å². The van der Waals surface area contributed by atoms with Crippen LogP contribution in [-0.2, 0) is 0 Å². The van der Waals surface area contributed by atoms with Crippen LogP contribution < -0.4 is 10.6 Å². The zero-order chi connectivity index (χ0) is 15.2. The molecule has 1 heterocycles. The minimum atomic E-state index is -0.431. The Hall–Kier alpha value is -2.05. The number of rotatable bonds is 6. The van der Waals surface area contributed by atoms with Crippen molar-refractivity contribution in [2.24, 2.45) is 0 Å². The van der Waals surface area contributed by atoms with Gasteiger partial charge in [0.15, 0.2) is 0 Å². The molecule has 1 aromatic carbocycles. The molecule has 0 amide bonds. The third kappa shape index (κ3) is 4.47. The molecule has 2 N–H and O–H groups in total. The van der Waals surface area contributed by atoms with E-state index in [4.69, 9.17) is 23.2 Å². The SMILES string of the molecule is O=[N+]([O-])c1ccc(NCCNc2ncc(Cl)cc2Cl)cc1. The van der Waals surface area contributed by atoms with Crippen molar-refractivity contribution < 1.29 is 4.92 Å². The Bertz CT molecular complexity index is 635. The van der Waals surface area contributed by atoms with Crippen LogP contribution in [0.4, 0.5) is 17.2 Å². The zero-order valence-electron chi connectivity index (χ0n) is 10.8. The lowest BCUT2D eigenvalue weighted by Crippen LogP contribution is -2.14. The van der Waals surface area contributed by atoms with Crippen LogP contribution in [0.1, 0.15) is 0 Å². The number of aromatic nitrogens is 1. The number of nitro benzene ring substituents is 1. The molecule has 0 saturated carbocycles. The maximum Gasteiger partial charge on any atom is 0.269 e. The number of halogens is 2. The van der Waals surface area contributed by atoms with Crippen LogP contribution in [0.25, 0.3) is 0 Å². The van der Waals surface area contributed by atoms with E-state index in [0.717, 1.165) is 5.69 Å². The summed E-state index contributed by atoms with van der Waals surface area (Å²) in [6, 6.07) is 7.83. The fourth-order valence-electron chi connectivity index (χ4n) is 1.63. The molecule has 0 aliphatic heterocycles. The molecule has 1 aromatic heterocycles. The molecule has 0 fully saturated rings. The van der Waals surface area contributed by atoms with Crippen LogP contribution in [0, 0.1) is 10.1 Å². The minimum absolute atomic E-state index is 0.0656. The highest BCUT2D eigenvalue weighted by atomic mass is 35.5. The van der Waals surface area contributed by atoms with E-state index in [1.165, 1.54) is 18.3 Å². The normalized spacial score (nSPS) is 10.2. The third-order valence-corrected chi connectivity index (χ3v) is 3.13. The summed E-state index contributed by atoms with van der Waals surface area (Å²) in [7, 11) is 0. The van der Waals surface area contributed by atoms with Crippen LogP contribution in [0.3, 0.4) is 0 Å². The molecule has 0 atom stereocenters. The minimum Gasteiger partial charge on any atom is -0.383 e. The largest absolute Gasteiger partial charge is 0.383 e. The van der Waals surface area contributed by atoms with Crippen molar-refractivity contribution in [1.29, 1.82) is 0 Å². The summed E-state index contributed by atoms with van der Waals surface area (Å²) < 4.78 is 0. The Kier molecular flexibility index (Phi) is 5.19. The molecule has 8 heteroatoms. The molecule has 110 valence electrons. The van der Waals surface area contributed by atoms with E-state index in [9.17, 15) is 10.1 Å². The molecule has 6 nitrogen and oxygen atoms in total. The van der Waals surface area contributed by atoms with Crippen LogP contribution >= 0.6 is 23.2 Å². The van der Waals surface area contributed by atoms with Gasteiger partial charge in [0.25, 0.3) is 5.69 Å². The van der Waals surface area contributed by atoms with E-state index in [2.05, 4.69) is 15.6 Å². The van der Waals surface area contributed by atoms with Crippen molar-refractivity contribution in [3.8, 4) is 0 Å². The van der Waals surface area contributed by atoms with Crippen molar-refractivity contribution in [3.63, 3.8) is 0 Å². The lowest BCUT2D eigenvalue weighted by atomic mass is 10.3. The van der Waals surface area contributed by atoms with E-state index in [-0.39, 0.29) is 5.69 Å². The summed E-state index contributed by atoms with van der Waals surface area (Å²) in [5.41, 5.74) is 0.869. The van der Waals surface area contributed by atoms with Gasteiger partial charge in [-0.15, -0.1) is 0 Å². The number of hydrogen-bond donors (Lipinski definition) is 2. The molecular weight excluding hydrogens is 315 g/mol. The van der Waals surface area contributed by atoms with Crippen molar-refractivity contribution in [3.05, 3.63) is 56.7 Å². The van der Waals surface area contributed by atoms with Gasteiger partial charge in [0.1, 0.15) is 5.82 Å². The molecular formula is C13H12Cl2N4O2. The number of benzene rings is 1. The Morgan fingerprint density at radius 3 is 2.43 bits per heavy atom. The average molecular weight is 327 g/mol. The maximum atomic E-state index is 10.5. The number of pyridine rings is 1. The molecule has 2 aromatic rings. The first-order valence-corrected chi connectivity index (χ1v) is 6.85. The highest BCUT2D eigenvalue weighted by Gasteiger charge is 2.04. The van der Waals surface area contributed by atoms with E-state index in [0.29, 0.717) is 29.0 Å². The van der Waals surface area contributed by atoms with Gasteiger partial charge in [-0.2, -0.15) is 0 Å². The number of nitro groups is 1. The van der Waals surface area contributed by atoms with Gasteiger partial charge in [0, 0.05) is 37.1 Å². The Balaban J connectivity index is 1.80. The van der Waals surface area contributed by atoms with Crippen molar-refractivity contribution in [2.75, 3.05) is 23.7 Å². The van der Waals surface area contributed by atoms with E-state index in [1.807, 2.05) is 0 Å². The molecule has 0 radical (unpaired) electrons. The molecule has 0 aliphatic carbocycles. The Morgan fingerprint density at radius 1 is 1.14 bits per heavy atom. The van der Waals surface area contributed by atoms with Crippen LogP contribution in [0.15, 0.2) is 36.5 Å². The first-order valence-electron chi connectivity index (χ1n) is 6.09. The van der Waals surface area contributed by atoms with Crippen LogP contribution in [0.5, 0.6) is 0 Å². The second-order valence-electron chi connectivity index (χ2n) is 4.14. The lowest BCUT2D eigenvalue weighted by molar-refractivity contribution is -0.384. The first-order chi connectivity index (χ1) is 10.1. The van der Waals surface area contributed by atoms with Crippen molar-refractivity contribution in [2.45, 2.75) is 0 Å². The van der Waals surface area contributed by atoms with Gasteiger partial charge >= 0.3 is 0 Å². The smallest absolute Gasteiger partial charge is 0.269 e. The average Bonchev–Trinajstić information content (AvgIpc) is 2.46. The topological polar surface area (TPSA) is 80.1 Å². The predicted octanol–water partition coefficient (Wildman–Crippen LogP) is 3.82. The standard InChI is InChI=1S/C13H12Cl2N4O2/c14-9-7-12(15)13(18-8-9)17-6-5-16-10-1-3-11(4-2-10)19(20)21/h1-4,7-8,16H,5-6H2,(H,17,18). The molecule has 0 spiro atoms. The second-order valence-corrected chi connectivity index (χ2v) is 4.99. The van der Waals surface area contributed by atoms with Crippen molar-refractivity contribution >= 4 is 40.4 Å². The number of hydrogen-bond acceptors (Lipinski definition) is 5. The molecule has 2 rings (SSSR count). The first kappa shape index (κ1) is 15.3. The van der Waals surface area contributed by atoms with Gasteiger partial charge in [-0.05, 0) is 18.2 Å². The van der Waals surface area contributed by atoms with Gasteiger partial charge in [0.05, 0.1) is 15.0 Å². The summed E-state index contributed by atoms with van der Waals surface area (Å²) in [6.07, 6.45) is 1.51.